The van der Waals surface area contributed by atoms with Crippen LogP contribution in [0.25, 0.3) is 0 Å². The number of hydrogen-bond donors (Lipinski definition) is 0. The topological polar surface area (TPSA) is 47.6 Å². The van der Waals surface area contributed by atoms with Gasteiger partial charge in [0.2, 0.25) is 0 Å². The van der Waals surface area contributed by atoms with Crippen LogP contribution in [0.2, 0.25) is 0 Å². The van der Waals surface area contributed by atoms with Crippen LogP contribution < -0.4 is 4.04 Å². The predicted molar refractivity (Wildman–Crippen MR) is 44.6 cm³/mol. The van der Waals surface area contributed by atoms with Crippen molar-refractivity contribution in [3.8, 4) is 9.08 Å². The van der Waals surface area contributed by atoms with Gasteiger partial charge in [0.25, 0.3) is 0 Å². The van der Waals surface area contributed by atoms with Gasteiger partial charge in [-0.2, -0.15) is 0 Å². The second kappa shape index (κ2) is 5.76. The first-order valence-electron chi connectivity index (χ1n) is 2.83. The van der Waals surface area contributed by atoms with E-state index in [-0.39, 0.29) is 12.4 Å². The third-order valence-electron chi connectivity index (χ3n) is 1.04. The van der Waals surface area contributed by atoms with Crippen LogP contribution in [0.5, 0.6) is 0 Å². The molecule has 1 aromatic carbocycles. The number of halogens is 1. The summed E-state index contributed by atoms with van der Waals surface area (Å²) in [6, 6.07) is 9.22. The van der Waals surface area contributed by atoms with Crippen LogP contribution in [0.1, 0.15) is 0 Å². The molecule has 1 aromatic rings. The standard InChI is InChI=1S/C6H5.2CN.ClH.Pd/c1-2-4-6-5-3-1;2*1-2;;/h1-5H;;;1H;. The molecule has 0 radical (unpaired) electrons. The first kappa shape index (κ1) is 11.2. The first-order chi connectivity index (χ1) is 5.38. The van der Waals surface area contributed by atoms with Crippen LogP contribution in [0.4, 0.5) is 0 Å². The average molecular weight is 272 g/mol. The molecule has 0 spiro atoms. The zero-order chi connectivity index (χ0) is 8.10. The molecule has 0 saturated carbocycles. The number of nitriles is 2. The fourth-order valence-electron chi connectivity index (χ4n) is 0.606. The van der Waals surface area contributed by atoms with Gasteiger partial charge in [-0.05, 0) is 0 Å². The molecule has 0 heterocycles. The molecule has 0 aromatic heterocycles. The van der Waals surface area contributed by atoms with Crippen LogP contribution in [0, 0.1) is 19.6 Å². The summed E-state index contributed by atoms with van der Waals surface area (Å²) in [7, 11) is 0. The van der Waals surface area contributed by atoms with E-state index in [1.54, 1.807) is 0 Å². The Bertz CT molecular complexity index is 298. The van der Waals surface area contributed by atoms with Crippen molar-refractivity contribution in [1.82, 2.24) is 0 Å². The molecule has 12 heavy (non-hydrogen) atoms. The zero-order valence-corrected chi connectivity index (χ0v) is 8.38. The van der Waals surface area contributed by atoms with Gasteiger partial charge in [-0.1, -0.05) is 0 Å². The van der Waals surface area contributed by atoms with E-state index in [1.807, 2.05) is 39.4 Å². The Morgan fingerprint density at radius 2 is 1.50 bits per heavy atom. The molecule has 0 aliphatic heterocycles. The van der Waals surface area contributed by atoms with E-state index >= 15 is 0 Å². The average Bonchev–Trinajstić information content (AvgIpc) is 2.09. The van der Waals surface area contributed by atoms with E-state index < -0.39 is 16.8 Å². The van der Waals surface area contributed by atoms with Crippen molar-refractivity contribution in [1.29, 1.82) is 10.5 Å². The summed E-state index contributed by atoms with van der Waals surface area (Å²) in [5, 5.41) is 17.1. The fourth-order valence-corrected chi connectivity index (χ4v) is 1.90. The monoisotopic (exact) mass is 271 g/mol. The van der Waals surface area contributed by atoms with Crippen molar-refractivity contribution in [3.05, 3.63) is 30.3 Å². The molecule has 2 nitrogen and oxygen atoms in total. The normalized spacial score (nSPS) is 8.67. The molecule has 0 saturated heterocycles. The van der Waals surface area contributed by atoms with E-state index in [0.29, 0.717) is 0 Å². The van der Waals surface area contributed by atoms with Gasteiger partial charge in [-0.25, -0.2) is 0 Å². The Kier molecular flexibility index (Phi) is 5.35. The number of nitrogens with zero attached hydrogens (tertiary/aromatic N) is 2. The van der Waals surface area contributed by atoms with Gasteiger partial charge in [0.15, 0.2) is 0 Å². The summed E-state index contributed by atoms with van der Waals surface area (Å²) < 4.78 is 4.93. The molecule has 65 valence electrons. The van der Waals surface area contributed by atoms with Crippen molar-refractivity contribution >= 4 is 16.4 Å². The zero-order valence-electron chi connectivity index (χ0n) is 6.01. The molecule has 0 aliphatic rings. The molecule has 1 rings (SSSR count). The summed E-state index contributed by atoms with van der Waals surface area (Å²) >= 11 is -1.73. The molecular formula is C8H6ClN2Pd. The van der Waals surface area contributed by atoms with Gasteiger partial charge < -0.3 is 0 Å². The quantitative estimate of drug-likeness (QED) is 0.724. The molecule has 0 N–H and O–H groups in total. The fraction of sp³-hybridized carbons (Fsp3) is 0. The maximum absolute atomic E-state index is 8.56. The van der Waals surface area contributed by atoms with E-state index in [9.17, 15) is 0 Å². The van der Waals surface area contributed by atoms with Crippen molar-refractivity contribution in [2.45, 2.75) is 0 Å². The maximum atomic E-state index is 8.56. The summed E-state index contributed by atoms with van der Waals surface area (Å²) in [5.41, 5.74) is 0. The Labute approximate surface area is 83.1 Å². The Morgan fingerprint density at radius 1 is 1.00 bits per heavy atom. The van der Waals surface area contributed by atoms with Gasteiger partial charge in [-0.15, -0.1) is 12.4 Å². The number of benzene rings is 1. The van der Waals surface area contributed by atoms with Crippen molar-refractivity contribution in [3.63, 3.8) is 0 Å². The minimum absolute atomic E-state index is 0. The molecule has 0 fully saturated rings. The molecular weight excluding hydrogens is 266 g/mol. The molecule has 0 aliphatic carbocycles. The Morgan fingerprint density at radius 3 is 1.92 bits per heavy atom. The van der Waals surface area contributed by atoms with Crippen LogP contribution in [-0.2, 0) is 16.8 Å². The van der Waals surface area contributed by atoms with E-state index in [2.05, 4.69) is 0 Å². The van der Waals surface area contributed by atoms with Gasteiger partial charge in [0.05, 0.1) is 0 Å². The van der Waals surface area contributed by atoms with Crippen molar-refractivity contribution in [2.75, 3.05) is 0 Å². The van der Waals surface area contributed by atoms with Gasteiger partial charge in [0.1, 0.15) is 0 Å². The predicted octanol–water partition coefficient (Wildman–Crippen LogP) is 1.31. The molecule has 0 amide bonds. The summed E-state index contributed by atoms with van der Waals surface area (Å²) in [6.45, 7) is 0. The molecule has 0 unspecified atom stereocenters. The van der Waals surface area contributed by atoms with E-state index in [0.717, 1.165) is 4.04 Å². The Hall–Kier alpha value is -0.848. The van der Waals surface area contributed by atoms with Crippen molar-refractivity contribution in [2.24, 2.45) is 0 Å². The van der Waals surface area contributed by atoms with Crippen LogP contribution in [0.3, 0.4) is 0 Å². The Balaban J connectivity index is 0.00000121. The van der Waals surface area contributed by atoms with Gasteiger partial charge >= 0.3 is 70.7 Å². The second-order valence-electron chi connectivity index (χ2n) is 1.64. The third kappa shape index (κ3) is 2.65. The number of hydrogen-bond acceptors (Lipinski definition) is 2. The van der Waals surface area contributed by atoms with Crippen molar-refractivity contribution < 1.29 is 16.8 Å². The molecule has 4 heteroatoms. The van der Waals surface area contributed by atoms with Gasteiger partial charge in [-0.3, -0.25) is 0 Å². The summed E-state index contributed by atoms with van der Waals surface area (Å²) in [5.74, 6) is 0. The molecule has 0 atom stereocenters. The van der Waals surface area contributed by atoms with E-state index in [1.165, 1.54) is 0 Å². The first-order valence-corrected chi connectivity index (χ1v) is 5.16. The third-order valence-corrected chi connectivity index (χ3v) is 3.15. The minimum atomic E-state index is -1.73. The second-order valence-corrected chi connectivity index (χ2v) is 4.40. The van der Waals surface area contributed by atoms with E-state index in [4.69, 9.17) is 10.5 Å². The molecule has 0 bridgehead atoms. The SMILES string of the molecule is Cl.N#[C][Pd]([C]#N)[c]1ccccc1. The van der Waals surface area contributed by atoms with Crippen LogP contribution in [-0.4, -0.2) is 0 Å². The van der Waals surface area contributed by atoms with Crippen LogP contribution in [0.15, 0.2) is 30.3 Å². The van der Waals surface area contributed by atoms with Crippen LogP contribution >= 0.6 is 12.4 Å². The summed E-state index contributed by atoms with van der Waals surface area (Å²) in [4.78, 5) is 0. The number of rotatable bonds is 1. The summed E-state index contributed by atoms with van der Waals surface area (Å²) in [6.07, 6.45) is 0. The van der Waals surface area contributed by atoms with Gasteiger partial charge in [0, 0.05) is 0 Å².